The lowest BCUT2D eigenvalue weighted by molar-refractivity contribution is 0.115. The third-order valence-electron chi connectivity index (χ3n) is 3.99. The number of hydrogen-bond acceptors (Lipinski definition) is 3. The number of nitrogens with two attached hydrogens (primary N) is 1. The largest absolute Gasteiger partial charge is 0.383 e. The van der Waals surface area contributed by atoms with Crippen molar-refractivity contribution in [1.29, 1.82) is 0 Å². The van der Waals surface area contributed by atoms with Crippen molar-refractivity contribution in [2.75, 3.05) is 26.8 Å². The SMILES string of the molecule is COCCN(C1CC1)C(CN)c1cc(C)ccc1C. The van der Waals surface area contributed by atoms with Crippen molar-refractivity contribution in [3.8, 4) is 0 Å². The van der Waals surface area contributed by atoms with Crippen molar-refractivity contribution in [2.45, 2.75) is 38.8 Å². The van der Waals surface area contributed by atoms with Crippen LogP contribution < -0.4 is 5.73 Å². The fourth-order valence-corrected chi connectivity index (χ4v) is 2.76. The van der Waals surface area contributed by atoms with Crippen molar-refractivity contribution in [3.63, 3.8) is 0 Å². The Balaban J connectivity index is 2.22. The molecule has 1 atom stereocenters. The smallest absolute Gasteiger partial charge is 0.0590 e. The third kappa shape index (κ3) is 3.56. The van der Waals surface area contributed by atoms with Gasteiger partial charge in [-0.25, -0.2) is 0 Å². The maximum absolute atomic E-state index is 6.08. The van der Waals surface area contributed by atoms with E-state index in [9.17, 15) is 0 Å². The van der Waals surface area contributed by atoms with Gasteiger partial charge in [-0.15, -0.1) is 0 Å². The van der Waals surface area contributed by atoms with E-state index in [0.29, 0.717) is 18.6 Å². The molecule has 1 aromatic rings. The maximum Gasteiger partial charge on any atom is 0.0590 e. The van der Waals surface area contributed by atoms with Crippen LogP contribution in [0.4, 0.5) is 0 Å². The second-order valence-electron chi connectivity index (χ2n) is 5.57. The Morgan fingerprint density at radius 1 is 1.37 bits per heavy atom. The van der Waals surface area contributed by atoms with Crippen LogP contribution in [0.5, 0.6) is 0 Å². The highest BCUT2D eigenvalue weighted by atomic mass is 16.5. The second-order valence-corrected chi connectivity index (χ2v) is 5.57. The van der Waals surface area contributed by atoms with E-state index >= 15 is 0 Å². The van der Waals surface area contributed by atoms with E-state index in [4.69, 9.17) is 10.5 Å². The average Bonchev–Trinajstić information content (AvgIpc) is 3.22. The van der Waals surface area contributed by atoms with Crippen LogP contribution in [-0.4, -0.2) is 37.7 Å². The molecule has 0 aromatic heterocycles. The molecule has 3 heteroatoms. The van der Waals surface area contributed by atoms with Gasteiger partial charge in [-0.2, -0.15) is 0 Å². The molecule has 19 heavy (non-hydrogen) atoms. The highest BCUT2D eigenvalue weighted by Gasteiger charge is 2.34. The van der Waals surface area contributed by atoms with Gasteiger partial charge >= 0.3 is 0 Å². The van der Waals surface area contributed by atoms with Crippen LogP contribution in [0.25, 0.3) is 0 Å². The first-order valence-corrected chi connectivity index (χ1v) is 7.19. The fraction of sp³-hybridized carbons (Fsp3) is 0.625. The number of aryl methyl sites for hydroxylation is 2. The standard InChI is InChI=1S/C16H26N2O/c1-12-4-5-13(2)15(10-12)16(11-17)18(8-9-19-3)14-6-7-14/h4-5,10,14,16H,6-9,11,17H2,1-3H3. The zero-order valence-corrected chi connectivity index (χ0v) is 12.4. The van der Waals surface area contributed by atoms with Gasteiger partial charge in [0.1, 0.15) is 0 Å². The van der Waals surface area contributed by atoms with Crippen LogP contribution in [-0.2, 0) is 4.74 Å². The van der Waals surface area contributed by atoms with Crippen molar-refractivity contribution >= 4 is 0 Å². The van der Waals surface area contributed by atoms with Crippen molar-refractivity contribution in [1.82, 2.24) is 4.90 Å². The summed E-state index contributed by atoms with van der Waals surface area (Å²) in [7, 11) is 1.76. The first-order chi connectivity index (χ1) is 9.17. The predicted octanol–water partition coefficient (Wildman–Crippen LogP) is 2.41. The second kappa shape index (κ2) is 6.51. The highest BCUT2D eigenvalue weighted by molar-refractivity contribution is 5.33. The molecule has 3 nitrogen and oxygen atoms in total. The predicted molar refractivity (Wildman–Crippen MR) is 79.3 cm³/mol. The minimum Gasteiger partial charge on any atom is -0.383 e. The van der Waals surface area contributed by atoms with E-state index in [1.165, 1.54) is 29.5 Å². The van der Waals surface area contributed by atoms with E-state index in [-0.39, 0.29) is 0 Å². The molecule has 0 amide bonds. The molecule has 1 aliphatic carbocycles. The van der Waals surface area contributed by atoms with Crippen LogP contribution in [0.15, 0.2) is 18.2 Å². The third-order valence-corrected chi connectivity index (χ3v) is 3.99. The lowest BCUT2D eigenvalue weighted by Gasteiger charge is -2.32. The number of benzene rings is 1. The molecule has 106 valence electrons. The van der Waals surface area contributed by atoms with Gasteiger partial charge in [0.25, 0.3) is 0 Å². The van der Waals surface area contributed by atoms with Gasteiger partial charge < -0.3 is 10.5 Å². The lowest BCUT2D eigenvalue weighted by Crippen LogP contribution is -2.38. The molecule has 0 saturated heterocycles. The first kappa shape index (κ1) is 14.5. The Kier molecular flexibility index (Phi) is 4.97. The topological polar surface area (TPSA) is 38.5 Å². The number of nitrogens with zero attached hydrogens (tertiary/aromatic N) is 1. The van der Waals surface area contributed by atoms with E-state index < -0.39 is 0 Å². The number of ether oxygens (including phenoxy) is 1. The Morgan fingerprint density at radius 2 is 2.11 bits per heavy atom. The molecular weight excluding hydrogens is 236 g/mol. The van der Waals surface area contributed by atoms with Gasteiger partial charge in [0, 0.05) is 32.3 Å². The Labute approximate surface area is 116 Å². The summed E-state index contributed by atoms with van der Waals surface area (Å²) in [5.74, 6) is 0. The van der Waals surface area contributed by atoms with Crippen molar-refractivity contribution < 1.29 is 4.74 Å². The van der Waals surface area contributed by atoms with Crippen LogP contribution in [0, 0.1) is 13.8 Å². The summed E-state index contributed by atoms with van der Waals surface area (Å²) in [6, 6.07) is 7.68. The van der Waals surface area contributed by atoms with E-state index in [0.717, 1.165) is 13.2 Å². The molecule has 0 spiro atoms. The summed E-state index contributed by atoms with van der Waals surface area (Å²) in [5, 5.41) is 0. The summed E-state index contributed by atoms with van der Waals surface area (Å²) >= 11 is 0. The molecule has 0 radical (unpaired) electrons. The molecule has 2 rings (SSSR count). The quantitative estimate of drug-likeness (QED) is 0.820. The van der Waals surface area contributed by atoms with Gasteiger partial charge in [-0.1, -0.05) is 23.8 Å². The average molecular weight is 262 g/mol. The minimum atomic E-state index is 0.322. The Bertz CT molecular complexity index is 415. The molecule has 0 bridgehead atoms. The zero-order chi connectivity index (χ0) is 13.8. The normalized spacial score (nSPS) is 16.9. The minimum absolute atomic E-state index is 0.322. The molecule has 1 aromatic carbocycles. The molecule has 1 fully saturated rings. The lowest BCUT2D eigenvalue weighted by atomic mass is 9.97. The maximum atomic E-state index is 6.08. The number of rotatable bonds is 7. The van der Waals surface area contributed by atoms with Crippen LogP contribution in [0.3, 0.4) is 0 Å². The molecular formula is C16H26N2O. The molecule has 1 unspecified atom stereocenters. The van der Waals surface area contributed by atoms with Crippen molar-refractivity contribution in [3.05, 3.63) is 34.9 Å². The monoisotopic (exact) mass is 262 g/mol. The zero-order valence-electron chi connectivity index (χ0n) is 12.4. The molecule has 0 heterocycles. The molecule has 2 N–H and O–H groups in total. The van der Waals surface area contributed by atoms with Gasteiger partial charge in [0.2, 0.25) is 0 Å². The van der Waals surface area contributed by atoms with Gasteiger partial charge in [-0.3, -0.25) is 4.90 Å². The number of hydrogen-bond donors (Lipinski definition) is 1. The summed E-state index contributed by atoms with van der Waals surface area (Å²) in [5.41, 5.74) is 10.1. The molecule has 1 saturated carbocycles. The molecule has 0 aliphatic heterocycles. The summed E-state index contributed by atoms with van der Waals surface area (Å²) in [6.07, 6.45) is 2.59. The summed E-state index contributed by atoms with van der Waals surface area (Å²) in [6.45, 7) is 6.74. The van der Waals surface area contributed by atoms with Crippen LogP contribution >= 0.6 is 0 Å². The van der Waals surface area contributed by atoms with E-state index in [2.05, 4.69) is 36.9 Å². The summed E-state index contributed by atoms with van der Waals surface area (Å²) in [4.78, 5) is 2.53. The van der Waals surface area contributed by atoms with Crippen molar-refractivity contribution in [2.24, 2.45) is 5.73 Å². The Morgan fingerprint density at radius 3 is 2.68 bits per heavy atom. The summed E-state index contributed by atoms with van der Waals surface area (Å²) < 4.78 is 5.25. The first-order valence-electron chi connectivity index (χ1n) is 7.19. The highest BCUT2D eigenvalue weighted by Crippen LogP contribution is 2.35. The van der Waals surface area contributed by atoms with Gasteiger partial charge in [-0.05, 0) is 37.8 Å². The van der Waals surface area contributed by atoms with E-state index in [1.807, 2.05) is 0 Å². The van der Waals surface area contributed by atoms with Gasteiger partial charge in [0.15, 0.2) is 0 Å². The Hall–Kier alpha value is -0.900. The fourth-order valence-electron chi connectivity index (χ4n) is 2.76. The van der Waals surface area contributed by atoms with E-state index in [1.54, 1.807) is 7.11 Å². The van der Waals surface area contributed by atoms with Gasteiger partial charge in [0.05, 0.1) is 6.61 Å². The van der Waals surface area contributed by atoms with Crippen LogP contribution in [0.1, 0.15) is 35.6 Å². The van der Waals surface area contributed by atoms with Crippen LogP contribution in [0.2, 0.25) is 0 Å². The number of methoxy groups -OCH3 is 1. The molecule has 1 aliphatic rings.